The number of amides is 1. The highest BCUT2D eigenvalue weighted by molar-refractivity contribution is 6.07. The summed E-state index contributed by atoms with van der Waals surface area (Å²) < 4.78 is 10.7. The van der Waals surface area contributed by atoms with Crippen molar-refractivity contribution in [1.82, 2.24) is 30.0 Å². The Morgan fingerprint density at radius 2 is 1.18 bits per heavy atom. The minimum atomic E-state index is -0.967. The second-order valence-corrected chi connectivity index (χ2v) is 12.8. The first-order valence-electron chi connectivity index (χ1n) is 16.7. The predicted octanol–water partition coefficient (Wildman–Crippen LogP) is 6.71. The number of nitrogens with zero attached hydrogens (tertiary/aromatic N) is 5. The Morgan fingerprint density at radius 1 is 0.686 bits per heavy atom. The van der Waals surface area contributed by atoms with Crippen LogP contribution in [0.25, 0.3) is 44.7 Å². The molecule has 0 atom stereocenters. The van der Waals surface area contributed by atoms with E-state index in [4.69, 9.17) is 8.83 Å². The molecule has 11 heteroatoms. The Balaban J connectivity index is 0.000000198. The van der Waals surface area contributed by atoms with Gasteiger partial charge in [-0.25, -0.2) is 14.8 Å². The van der Waals surface area contributed by atoms with Crippen molar-refractivity contribution < 1.29 is 23.5 Å². The van der Waals surface area contributed by atoms with Crippen LogP contribution in [0.4, 0.5) is 0 Å². The fourth-order valence-corrected chi connectivity index (χ4v) is 5.13. The molecular formula is C40H48N6O5. The van der Waals surface area contributed by atoms with Gasteiger partial charge in [0, 0.05) is 44.0 Å². The van der Waals surface area contributed by atoms with E-state index in [0.29, 0.717) is 45.9 Å². The first-order valence-corrected chi connectivity index (χ1v) is 16.7. The van der Waals surface area contributed by atoms with Gasteiger partial charge in [0.1, 0.15) is 11.4 Å². The fourth-order valence-electron chi connectivity index (χ4n) is 5.13. The molecule has 51 heavy (non-hydrogen) atoms. The van der Waals surface area contributed by atoms with Crippen LogP contribution in [0.15, 0.2) is 94.2 Å². The van der Waals surface area contributed by atoms with E-state index in [1.54, 1.807) is 29.4 Å². The molecule has 4 heterocycles. The number of furan rings is 2. The van der Waals surface area contributed by atoms with E-state index in [9.17, 15) is 14.7 Å². The number of carboxylic acids is 1. The second-order valence-electron chi connectivity index (χ2n) is 12.8. The number of aryl methyl sites for hydroxylation is 2. The summed E-state index contributed by atoms with van der Waals surface area (Å²) in [6, 6.07) is 22.1. The first kappa shape index (κ1) is 38.4. The van der Waals surface area contributed by atoms with Crippen molar-refractivity contribution in [2.24, 2.45) is 0 Å². The maximum atomic E-state index is 13.1. The molecule has 0 radical (unpaired) electrons. The highest BCUT2D eigenvalue weighted by atomic mass is 16.4. The number of aromatic nitrogens is 2. The molecule has 0 saturated carbocycles. The van der Waals surface area contributed by atoms with Crippen LogP contribution in [0.3, 0.4) is 0 Å². The molecule has 2 aromatic carbocycles. The molecule has 4 aromatic heterocycles. The quantitative estimate of drug-likeness (QED) is 0.160. The van der Waals surface area contributed by atoms with E-state index in [0.717, 1.165) is 41.7 Å². The number of rotatable bonds is 10. The summed E-state index contributed by atoms with van der Waals surface area (Å²) in [5.74, 6) is 0.246. The Morgan fingerprint density at radius 3 is 1.59 bits per heavy atom. The van der Waals surface area contributed by atoms with E-state index >= 15 is 0 Å². The lowest BCUT2D eigenvalue weighted by atomic mass is 10.0. The Labute approximate surface area is 299 Å². The van der Waals surface area contributed by atoms with Crippen molar-refractivity contribution in [3.8, 4) is 22.9 Å². The van der Waals surface area contributed by atoms with Gasteiger partial charge < -0.3 is 34.0 Å². The zero-order valence-electron chi connectivity index (χ0n) is 30.7. The molecule has 6 aromatic rings. The summed E-state index contributed by atoms with van der Waals surface area (Å²) in [7, 11) is 11.9. The van der Waals surface area contributed by atoms with E-state index in [-0.39, 0.29) is 11.5 Å². The molecule has 268 valence electrons. The highest BCUT2D eigenvalue weighted by Crippen LogP contribution is 2.28. The summed E-state index contributed by atoms with van der Waals surface area (Å²) in [5.41, 5.74) is 5.64. The zero-order valence-corrected chi connectivity index (χ0v) is 30.7. The lowest BCUT2D eigenvalue weighted by molar-refractivity contribution is 0.0698. The lowest BCUT2D eigenvalue weighted by Crippen LogP contribution is -2.33. The van der Waals surface area contributed by atoms with Crippen LogP contribution in [-0.2, 0) is 0 Å². The topological polar surface area (TPSA) is 128 Å². The first-order chi connectivity index (χ1) is 24.4. The van der Waals surface area contributed by atoms with E-state index < -0.39 is 5.97 Å². The number of carbonyl (C=O) groups is 2. The van der Waals surface area contributed by atoms with Crippen LogP contribution < -0.4 is 5.32 Å². The van der Waals surface area contributed by atoms with E-state index in [1.165, 1.54) is 6.26 Å². The summed E-state index contributed by atoms with van der Waals surface area (Å²) in [4.78, 5) is 39.5. The molecule has 0 fully saturated rings. The molecule has 0 saturated heterocycles. The monoisotopic (exact) mass is 692 g/mol. The number of benzene rings is 2. The number of hydrogen-bond acceptors (Lipinski definition) is 9. The van der Waals surface area contributed by atoms with Gasteiger partial charge in [0.25, 0.3) is 5.91 Å². The molecule has 0 bridgehead atoms. The molecule has 0 unspecified atom stereocenters. The molecule has 2 N–H and O–H groups in total. The molecule has 11 nitrogen and oxygen atoms in total. The summed E-state index contributed by atoms with van der Waals surface area (Å²) in [6.07, 6.45) is 3.15. The molecular weight excluding hydrogens is 644 g/mol. The Kier molecular flexibility index (Phi) is 13.6. The van der Waals surface area contributed by atoms with Gasteiger partial charge in [-0.3, -0.25) is 4.79 Å². The second kappa shape index (κ2) is 18.0. The van der Waals surface area contributed by atoms with Crippen LogP contribution >= 0.6 is 0 Å². The van der Waals surface area contributed by atoms with Gasteiger partial charge in [0.15, 0.2) is 11.5 Å². The minimum absolute atomic E-state index is 0.00680. The van der Waals surface area contributed by atoms with E-state index in [2.05, 4.69) is 39.2 Å². The number of fused-ring (bicyclic) bond motifs is 2. The number of carbonyl (C=O) groups excluding carboxylic acids is 1. The van der Waals surface area contributed by atoms with Gasteiger partial charge in [-0.15, -0.1) is 0 Å². The van der Waals surface area contributed by atoms with Gasteiger partial charge in [-0.2, -0.15) is 0 Å². The van der Waals surface area contributed by atoms with Gasteiger partial charge in [-0.05, 0) is 110 Å². The summed E-state index contributed by atoms with van der Waals surface area (Å²) >= 11 is 0. The van der Waals surface area contributed by atoms with Gasteiger partial charge >= 0.3 is 5.97 Å². The normalized spacial score (nSPS) is 10.9. The number of nitrogens with one attached hydrogen (secondary N) is 1. The number of carboxylic acid groups (broad SMARTS) is 1. The molecule has 0 aliphatic rings. The smallest absolute Gasteiger partial charge is 0.336 e. The van der Waals surface area contributed by atoms with Crippen LogP contribution in [0, 0.1) is 13.8 Å². The maximum Gasteiger partial charge on any atom is 0.336 e. The number of hydrogen-bond donors (Lipinski definition) is 2. The molecule has 6 rings (SSSR count). The highest BCUT2D eigenvalue weighted by Gasteiger charge is 2.19. The Hall–Kier alpha value is -5.36. The average Bonchev–Trinajstić information content (AvgIpc) is 3.85. The number of pyridine rings is 2. The average molecular weight is 693 g/mol. The molecule has 0 aliphatic carbocycles. The molecule has 0 aliphatic heterocycles. The van der Waals surface area contributed by atoms with Gasteiger partial charge in [0.05, 0.1) is 34.7 Å². The third kappa shape index (κ3) is 10.6. The van der Waals surface area contributed by atoms with Gasteiger partial charge in [0.2, 0.25) is 0 Å². The molecule has 1 amide bonds. The molecule has 0 spiro atoms. The minimum Gasteiger partial charge on any atom is -0.478 e. The van der Waals surface area contributed by atoms with Crippen LogP contribution in [0.2, 0.25) is 0 Å². The van der Waals surface area contributed by atoms with Crippen LogP contribution in [-0.4, -0.2) is 110 Å². The van der Waals surface area contributed by atoms with Crippen molar-refractivity contribution in [3.05, 3.63) is 108 Å². The summed E-state index contributed by atoms with van der Waals surface area (Å²) in [6.45, 7) is 7.62. The lowest BCUT2D eigenvalue weighted by Gasteiger charge is -2.21. The largest absolute Gasteiger partial charge is 0.478 e. The predicted molar refractivity (Wildman–Crippen MR) is 203 cm³/mol. The van der Waals surface area contributed by atoms with Crippen molar-refractivity contribution in [2.45, 2.75) is 13.8 Å². The van der Waals surface area contributed by atoms with Crippen LogP contribution in [0.1, 0.15) is 31.8 Å². The van der Waals surface area contributed by atoms with Crippen molar-refractivity contribution in [2.75, 3.05) is 68.5 Å². The van der Waals surface area contributed by atoms with Crippen molar-refractivity contribution in [3.63, 3.8) is 0 Å². The number of likely N-dealkylation sites (N-methyl/N-ethyl adjacent to an activating group) is 4. The summed E-state index contributed by atoms with van der Waals surface area (Å²) in [5, 5.41) is 13.9. The standard InChI is InChI=1S/C20H23N3O2.C15H11NO3.C5H14N2/c1-14-7-8-17-15(12-14)16(20(24)23(4)10-9-22(2)3)13-18(21-17)19-6-5-11-25-19;1-9-4-5-12-10(7-9)11(15(17)18)8-13(16-12)14-3-2-6-19-14;1-6-4-5-7(2)3/h5-8,11-13H,9-10H2,1-4H3;2-8H,1H3,(H,17,18);6H,4-5H2,1-3H3. The maximum absolute atomic E-state index is 13.1. The third-order valence-electron chi connectivity index (χ3n) is 7.97. The Bertz CT molecular complexity index is 2040. The van der Waals surface area contributed by atoms with Crippen molar-refractivity contribution >= 4 is 33.7 Å². The van der Waals surface area contributed by atoms with Crippen molar-refractivity contribution in [1.29, 1.82) is 0 Å². The number of aromatic carboxylic acids is 1. The van der Waals surface area contributed by atoms with E-state index in [1.807, 2.05) is 96.6 Å². The van der Waals surface area contributed by atoms with Crippen LogP contribution in [0.5, 0.6) is 0 Å². The fraction of sp³-hybridized carbons (Fsp3) is 0.300. The zero-order chi connectivity index (χ0) is 37.1. The SMILES string of the molecule is CNCCN(C)C.Cc1ccc2nc(-c3ccco3)cc(C(=O)N(C)CCN(C)C)c2c1.Cc1ccc2nc(-c3ccco3)cc(C(=O)O)c2c1. The van der Waals surface area contributed by atoms with Gasteiger partial charge in [-0.1, -0.05) is 23.3 Å². The third-order valence-corrected chi connectivity index (χ3v) is 7.97.